The van der Waals surface area contributed by atoms with E-state index >= 15 is 0 Å². The molecule has 7 nitrogen and oxygen atoms in total. The third-order valence-corrected chi connectivity index (χ3v) is 7.07. The van der Waals surface area contributed by atoms with Crippen molar-refractivity contribution in [2.45, 2.75) is 19.5 Å². The summed E-state index contributed by atoms with van der Waals surface area (Å²) in [6, 6.07) is 30.1. The molecule has 196 valence electrons. The molecule has 2 aromatic heterocycles. The van der Waals surface area contributed by atoms with Gasteiger partial charge in [0.15, 0.2) is 0 Å². The van der Waals surface area contributed by atoms with Gasteiger partial charge in [0.25, 0.3) is 5.91 Å². The molecular weight excluding hydrogens is 500 g/mol. The van der Waals surface area contributed by atoms with Gasteiger partial charge in [-0.25, -0.2) is 4.79 Å². The van der Waals surface area contributed by atoms with E-state index in [-0.39, 0.29) is 17.5 Å². The molecule has 2 heterocycles. The summed E-state index contributed by atoms with van der Waals surface area (Å²) in [7, 11) is 0. The Hall–Kier alpha value is -5.30. The number of fused-ring (bicyclic) bond motifs is 2. The molecule has 0 aliphatic carbocycles. The summed E-state index contributed by atoms with van der Waals surface area (Å²) in [5.74, 6) is -1.23. The van der Waals surface area contributed by atoms with Crippen LogP contribution in [0.1, 0.15) is 44.8 Å². The van der Waals surface area contributed by atoms with Gasteiger partial charge >= 0.3 is 5.97 Å². The predicted octanol–water partition coefficient (Wildman–Crippen LogP) is 6.49. The van der Waals surface area contributed by atoms with Crippen molar-refractivity contribution >= 4 is 33.7 Å². The van der Waals surface area contributed by atoms with Crippen LogP contribution in [0.15, 0.2) is 109 Å². The third-order valence-electron chi connectivity index (χ3n) is 7.07. The number of amides is 1. The second-order valence-electron chi connectivity index (χ2n) is 9.79. The number of hydrogen-bond acceptors (Lipinski definition) is 4. The van der Waals surface area contributed by atoms with E-state index in [1.54, 1.807) is 30.5 Å². The highest BCUT2D eigenvalue weighted by Crippen LogP contribution is 2.29. The fraction of sp³-hybridized carbons (Fsp3) is 0.0909. The van der Waals surface area contributed by atoms with Gasteiger partial charge in [0.1, 0.15) is 0 Å². The molecule has 0 saturated heterocycles. The molecule has 6 aromatic rings. The first kappa shape index (κ1) is 25.0. The fourth-order valence-electron chi connectivity index (χ4n) is 4.97. The third kappa shape index (κ3) is 4.92. The molecule has 0 aliphatic heterocycles. The smallest absolute Gasteiger partial charge is 0.335 e. The SMILES string of the molecule is C[C@H](NC(=O)c1cc(-c2ccccc2)cc2cnn(Cc3cnc4ccccc4c3)c12)c1ccc(C(=O)O)cc1. The van der Waals surface area contributed by atoms with Crippen LogP contribution in [0.2, 0.25) is 0 Å². The Bertz CT molecular complexity index is 1860. The van der Waals surface area contributed by atoms with E-state index in [1.165, 1.54) is 0 Å². The molecule has 1 amide bonds. The van der Waals surface area contributed by atoms with Gasteiger partial charge in [0, 0.05) is 17.0 Å². The normalized spacial score (nSPS) is 11.9. The first-order valence-corrected chi connectivity index (χ1v) is 13.0. The topological polar surface area (TPSA) is 97.1 Å². The number of para-hydroxylation sites is 1. The molecule has 40 heavy (non-hydrogen) atoms. The Morgan fingerprint density at radius 2 is 1.60 bits per heavy atom. The van der Waals surface area contributed by atoms with Gasteiger partial charge in [-0.1, -0.05) is 60.7 Å². The summed E-state index contributed by atoms with van der Waals surface area (Å²) in [6.45, 7) is 2.34. The summed E-state index contributed by atoms with van der Waals surface area (Å²) in [5, 5.41) is 18.9. The van der Waals surface area contributed by atoms with E-state index in [1.807, 2.05) is 78.5 Å². The maximum Gasteiger partial charge on any atom is 0.335 e. The molecule has 0 radical (unpaired) electrons. The Morgan fingerprint density at radius 1 is 0.850 bits per heavy atom. The summed E-state index contributed by atoms with van der Waals surface area (Å²) in [6.07, 6.45) is 3.64. The Labute approximate surface area is 230 Å². The van der Waals surface area contributed by atoms with Gasteiger partial charge in [0.2, 0.25) is 0 Å². The van der Waals surface area contributed by atoms with E-state index in [9.17, 15) is 14.7 Å². The fourth-order valence-corrected chi connectivity index (χ4v) is 4.97. The molecule has 0 saturated carbocycles. The van der Waals surface area contributed by atoms with Crippen molar-refractivity contribution in [2.75, 3.05) is 0 Å². The average molecular weight is 527 g/mol. The van der Waals surface area contributed by atoms with Gasteiger partial charge in [-0.05, 0) is 65.6 Å². The number of benzene rings is 4. The van der Waals surface area contributed by atoms with Crippen molar-refractivity contribution in [1.29, 1.82) is 0 Å². The highest BCUT2D eigenvalue weighted by molar-refractivity contribution is 6.07. The largest absolute Gasteiger partial charge is 0.478 e. The molecule has 1 atom stereocenters. The number of rotatable bonds is 7. The van der Waals surface area contributed by atoms with Crippen LogP contribution >= 0.6 is 0 Å². The first-order valence-electron chi connectivity index (χ1n) is 13.0. The lowest BCUT2D eigenvalue weighted by Gasteiger charge is -2.17. The van der Waals surface area contributed by atoms with E-state index in [0.717, 1.165) is 44.1 Å². The van der Waals surface area contributed by atoms with Crippen LogP contribution in [0.3, 0.4) is 0 Å². The van der Waals surface area contributed by atoms with E-state index in [2.05, 4.69) is 27.5 Å². The maximum atomic E-state index is 13.8. The number of nitrogens with one attached hydrogen (secondary N) is 1. The monoisotopic (exact) mass is 526 g/mol. The van der Waals surface area contributed by atoms with Crippen molar-refractivity contribution in [1.82, 2.24) is 20.1 Å². The quantitative estimate of drug-likeness (QED) is 0.248. The average Bonchev–Trinajstić information content (AvgIpc) is 3.39. The van der Waals surface area contributed by atoms with Gasteiger partial charge in [-0.15, -0.1) is 0 Å². The molecule has 2 N–H and O–H groups in total. The van der Waals surface area contributed by atoms with E-state index in [4.69, 9.17) is 0 Å². The molecule has 0 unspecified atom stereocenters. The molecule has 7 heteroatoms. The zero-order valence-corrected chi connectivity index (χ0v) is 21.8. The van der Waals surface area contributed by atoms with Crippen molar-refractivity contribution < 1.29 is 14.7 Å². The summed E-state index contributed by atoms with van der Waals surface area (Å²) < 4.78 is 1.84. The lowest BCUT2D eigenvalue weighted by Crippen LogP contribution is -2.27. The number of carbonyl (C=O) groups is 2. The summed E-state index contributed by atoms with van der Waals surface area (Å²) in [4.78, 5) is 29.6. The minimum absolute atomic E-state index is 0.201. The minimum Gasteiger partial charge on any atom is -0.478 e. The number of nitrogens with zero attached hydrogens (tertiary/aromatic N) is 3. The minimum atomic E-state index is -0.988. The number of carbonyl (C=O) groups excluding carboxylic acids is 1. The van der Waals surface area contributed by atoms with Crippen LogP contribution < -0.4 is 5.32 Å². The second kappa shape index (κ2) is 10.5. The van der Waals surface area contributed by atoms with Gasteiger partial charge in [-0.3, -0.25) is 14.5 Å². The number of carboxylic acids is 1. The number of aromatic nitrogens is 3. The Balaban J connectivity index is 1.39. The maximum absolute atomic E-state index is 13.8. The van der Waals surface area contributed by atoms with E-state index < -0.39 is 5.97 Å². The zero-order chi connectivity index (χ0) is 27.6. The first-order chi connectivity index (χ1) is 19.5. The Kier molecular flexibility index (Phi) is 6.54. The molecule has 4 aromatic carbocycles. The van der Waals surface area contributed by atoms with Gasteiger partial charge < -0.3 is 10.4 Å². The molecule has 0 bridgehead atoms. The molecule has 0 spiro atoms. The van der Waals surface area contributed by atoms with Crippen molar-refractivity contribution in [3.05, 3.63) is 132 Å². The van der Waals surface area contributed by atoms with Crippen molar-refractivity contribution in [3.8, 4) is 11.1 Å². The van der Waals surface area contributed by atoms with Gasteiger partial charge in [0.05, 0.1) is 40.9 Å². The molecule has 0 aliphatic rings. The summed E-state index contributed by atoms with van der Waals surface area (Å²) >= 11 is 0. The molecular formula is C33H26N4O3. The number of hydrogen-bond donors (Lipinski definition) is 2. The van der Waals surface area contributed by atoms with Crippen molar-refractivity contribution in [2.24, 2.45) is 0 Å². The van der Waals surface area contributed by atoms with Crippen LogP contribution in [0.5, 0.6) is 0 Å². The zero-order valence-electron chi connectivity index (χ0n) is 21.8. The second-order valence-corrected chi connectivity index (χ2v) is 9.79. The highest BCUT2D eigenvalue weighted by Gasteiger charge is 2.20. The number of aromatic carboxylic acids is 1. The summed E-state index contributed by atoms with van der Waals surface area (Å²) in [5.41, 5.74) is 6.08. The molecule has 6 rings (SSSR count). The molecule has 0 fully saturated rings. The predicted molar refractivity (Wildman–Crippen MR) is 155 cm³/mol. The number of pyridine rings is 1. The van der Waals surface area contributed by atoms with Crippen LogP contribution in [0.25, 0.3) is 32.9 Å². The van der Waals surface area contributed by atoms with E-state index in [0.29, 0.717) is 12.1 Å². The van der Waals surface area contributed by atoms with Crippen LogP contribution in [-0.4, -0.2) is 31.7 Å². The lowest BCUT2D eigenvalue weighted by atomic mass is 9.99. The Morgan fingerprint density at radius 3 is 2.38 bits per heavy atom. The lowest BCUT2D eigenvalue weighted by molar-refractivity contribution is 0.0696. The standard InChI is InChI=1S/C33H26N4O3/c1-21(23-11-13-25(14-12-23)33(39)40)36-32(38)29-17-27(24-7-3-2-4-8-24)16-28-19-35-37(31(28)29)20-22-15-26-9-5-6-10-30(26)34-18-22/h2-19,21H,20H2,1H3,(H,36,38)(H,39,40)/t21-/m0/s1. The highest BCUT2D eigenvalue weighted by atomic mass is 16.4. The van der Waals surface area contributed by atoms with Crippen molar-refractivity contribution in [3.63, 3.8) is 0 Å². The van der Waals surface area contributed by atoms with Gasteiger partial charge in [-0.2, -0.15) is 5.10 Å². The van der Waals surface area contributed by atoms with Crippen LogP contribution in [0, 0.1) is 0 Å². The number of carboxylic acid groups (broad SMARTS) is 1. The van der Waals surface area contributed by atoms with Crippen LogP contribution in [-0.2, 0) is 6.54 Å². The van der Waals surface area contributed by atoms with Crippen LogP contribution in [0.4, 0.5) is 0 Å².